The molecule has 3 heterocycles. The summed E-state index contributed by atoms with van der Waals surface area (Å²) in [4.78, 5) is 17.1. The Morgan fingerprint density at radius 3 is 2.63 bits per heavy atom. The molecule has 0 bridgehead atoms. The molecule has 3 aliphatic rings. The molecule has 3 aliphatic heterocycles. The molecule has 1 aromatic carbocycles. The Bertz CT molecular complexity index is 610. The highest BCUT2D eigenvalue weighted by atomic mass is 16.6. The minimum Gasteiger partial charge on any atom is -0.376 e. The van der Waals surface area contributed by atoms with Crippen molar-refractivity contribution in [3.63, 3.8) is 0 Å². The standard InChI is InChI=1S/C21H31N3O3/c25-20(22-14-19-16-26-12-13-27-19)24-11-8-21(17-24)6-9-23(10-7-21)15-18-4-2-1-3-5-18/h1-5,19H,6-17H2,(H,22,25). The summed E-state index contributed by atoms with van der Waals surface area (Å²) in [5.74, 6) is 0. The molecule has 1 unspecified atom stereocenters. The van der Waals surface area contributed by atoms with E-state index in [0.29, 0.717) is 31.8 Å². The Balaban J connectivity index is 1.21. The molecule has 1 N–H and O–H groups in total. The van der Waals surface area contributed by atoms with Gasteiger partial charge in [0.15, 0.2) is 0 Å². The molecule has 0 radical (unpaired) electrons. The number of benzene rings is 1. The fraction of sp³-hybridized carbons (Fsp3) is 0.667. The number of nitrogens with zero attached hydrogens (tertiary/aromatic N) is 2. The fourth-order valence-corrected chi connectivity index (χ4v) is 4.51. The lowest BCUT2D eigenvalue weighted by Crippen LogP contribution is -2.46. The second-order valence-corrected chi connectivity index (χ2v) is 8.19. The first kappa shape index (κ1) is 18.7. The highest BCUT2D eigenvalue weighted by Crippen LogP contribution is 2.40. The van der Waals surface area contributed by atoms with Crippen LogP contribution in [0.15, 0.2) is 30.3 Å². The summed E-state index contributed by atoms with van der Waals surface area (Å²) in [5.41, 5.74) is 1.70. The van der Waals surface area contributed by atoms with E-state index >= 15 is 0 Å². The SMILES string of the molecule is O=C(NCC1COCCO1)N1CCC2(CCN(Cc3ccccc3)CC2)C1. The first-order valence-electron chi connectivity index (χ1n) is 10.2. The number of amides is 2. The Labute approximate surface area is 161 Å². The van der Waals surface area contributed by atoms with Crippen LogP contribution < -0.4 is 5.32 Å². The summed E-state index contributed by atoms with van der Waals surface area (Å²) in [6, 6.07) is 10.7. The molecule has 1 atom stereocenters. The molecule has 27 heavy (non-hydrogen) atoms. The monoisotopic (exact) mass is 373 g/mol. The van der Waals surface area contributed by atoms with Gasteiger partial charge in [-0.3, -0.25) is 4.90 Å². The molecule has 3 fully saturated rings. The van der Waals surface area contributed by atoms with Gasteiger partial charge in [0.1, 0.15) is 0 Å². The molecule has 0 saturated carbocycles. The van der Waals surface area contributed by atoms with Gasteiger partial charge in [0, 0.05) is 26.2 Å². The Hall–Kier alpha value is -1.63. The molecular weight excluding hydrogens is 342 g/mol. The van der Waals surface area contributed by atoms with Crippen molar-refractivity contribution < 1.29 is 14.3 Å². The van der Waals surface area contributed by atoms with Crippen molar-refractivity contribution in [2.75, 3.05) is 52.5 Å². The largest absolute Gasteiger partial charge is 0.376 e. The number of urea groups is 1. The molecule has 0 aromatic heterocycles. The number of carbonyl (C=O) groups excluding carboxylic acids is 1. The summed E-state index contributed by atoms with van der Waals surface area (Å²) in [6.45, 7) is 7.41. The van der Waals surface area contributed by atoms with Crippen molar-refractivity contribution in [1.82, 2.24) is 15.1 Å². The van der Waals surface area contributed by atoms with Crippen molar-refractivity contribution in [2.24, 2.45) is 5.41 Å². The minimum atomic E-state index is -0.0134. The molecule has 2 amide bonds. The average molecular weight is 373 g/mol. The van der Waals surface area contributed by atoms with Crippen LogP contribution in [0.3, 0.4) is 0 Å². The lowest BCUT2D eigenvalue weighted by atomic mass is 9.77. The lowest BCUT2D eigenvalue weighted by Gasteiger charge is -2.39. The van der Waals surface area contributed by atoms with Gasteiger partial charge in [-0.15, -0.1) is 0 Å². The van der Waals surface area contributed by atoms with Crippen molar-refractivity contribution >= 4 is 6.03 Å². The van der Waals surface area contributed by atoms with Gasteiger partial charge in [0.05, 0.1) is 25.9 Å². The Kier molecular flexibility index (Phi) is 5.95. The number of ether oxygens (including phenoxy) is 2. The quantitative estimate of drug-likeness (QED) is 0.878. The van der Waals surface area contributed by atoms with Crippen molar-refractivity contribution in [1.29, 1.82) is 0 Å². The topological polar surface area (TPSA) is 54.0 Å². The van der Waals surface area contributed by atoms with Crippen LogP contribution in [-0.2, 0) is 16.0 Å². The Morgan fingerprint density at radius 1 is 1.11 bits per heavy atom. The molecule has 1 aromatic rings. The summed E-state index contributed by atoms with van der Waals surface area (Å²) >= 11 is 0. The number of hydrogen-bond donors (Lipinski definition) is 1. The maximum atomic E-state index is 12.5. The van der Waals surface area contributed by atoms with Gasteiger partial charge in [-0.1, -0.05) is 30.3 Å². The molecule has 0 aliphatic carbocycles. The molecule has 6 nitrogen and oxygen atoms in total. The number of rotatable bonds is 4. The van der Waals surface area contributed by atoms with Crippen LogP contribution in [0, 0.1) is 5.41 Å². The van der Waals surface area contributed by atoms with E-state index in [1.807, 2.05) is 4.90 Å². The van der Waals surface area contributed by atoms with Gasteiger partial charge in [-0.25, -0.2) is 4.79 Å². The number of hydrogen-bond acceptors (Lipinski definition) is 4. The van der Waals surface area contributed by atoms with Crippen LogP contribution in [0.2, 0.25) is 0 Å². The number of nitrogens with one attached hydrogen (secondary N) is 1. The van der Waals surface area contributed by atoms with Gasteiger partial charge in [-0.2, -0.15) is 0 Å². The number of carbonyl (C=O) groups is 1. The van der Waals surface area contributed by atoms with E-state index in [9.17, 15) is 4.79 Å². The van der Waals surface area contributed by atoms with Crippen LogP contribution >= 0.6 is 0 Å². The van der Waals surface area contributed by atoms with Crippen LogP contribution in [0.5, 0.6) is 0 Å². The van der Waals surface area contributed by atoms with Gasteiger partial charge < -0.3 is 19.7 Å². The van der Waals surface area contributed by atoms with E-state index < -0.39 is 0 Å². The first-order chi connectivity index (χ1) is 13.2. The van der Waals surface area contributed by atoms with E-state index in [4.69, 9.17) is 9.47 Å². The minimum absolute atomic E-state index is 0.0134. The molecular formula is C21H31N3O3. The van der Waals surface area contributed by atoms with E-state index in [2.05, 4.69) is 40.5 Å². The van der Waals surface area contributed by atoms with Gasteiger partial charge in [0.25, 0.3) is 0 Å². The predicted molar refractivity (Wildman–Crippen MR) is 104 cm³/mol. The van der Waals surface area contributed by atoms with Gasteiger partial charge >= 0.3 is 6.03 Å². The predicted octanol–water partition coefficient (Wildman–Crippen LogP) is 2.10. The van der Waals surface area contributed by atoms with Crippen molar-refractivity contribution in [3.8, 4) is 0 Å². The molecule has 3 saturated heterocycles. The molecule has 6 heteroatoms. The lowest BCUT2D eigenvalue weighted by molar-refractivity contribution is -0.0855. The first-order valence-corrected chi connectivity index (χ1v) is 10.2. The molecule has 1 spiro atoms. The normalized spacial score (nSPS) is 25.6. The van der Waals surface area contributed by atoms with Crippen LogP contribution in [0.1, 0.15) is 24.8 Å². The number of piperidine rings is 1. The van der Waals surface area contributed by atoms with Crippen LogP contribution in [0.4, 0.5) is 4.79 Å². The third-order valence-corrected chi connectivity index (χ3v) is 6.26. The zero-order valence-corrected chi connectivity index (χ0v) is 16.1. The van der Waals surface area contributed by atoms with E-state index in [0.717, 1.165) is 39.1 Å². The average Bonchev–Trinajstić information content (AvgIpc) is 3.14. The van der Waals surface area contributed by atoms with E-state index in [1.165, 1.54) is 18.4 Å². The second-order valence-electron chi connectivity index (χ2n) is 8.19. The summed E-state index contributed by atoms with van der Waals surface area (Å²) in [6.07, 6.45) is 3.48. The summed E-state index contributed by atoms with van der Waals surface area (Å²) in [7, 11) is 0. The zero-order valence-electron chi connectivity index (χ0n) is 16.1. The smallest absolute Gasteiger partial charge is 0.317 e. The third-order valence-electron chi connectivity index (χ3n) is 6.26. The number of likely N-dealkylation sites (tertiary alicyclic amines) is 2. The highest BCUT2D eigenvalue weighted by molar-refractivity contribution is 5.74. The Morgan fingerprint density at radius 2 is 1.89 bits per heavy atom. The zero-order chi connectivity index (χ0) is 18.5. The molecule has 4 rings (SSSR count). The van der Waals surface area contributed by atoms with Crippen molar-refractivity contribution in [3.05, 3.63) is 35.9 Å². The fourth-order valence-electron chi connectivity index (χ4n) is 4.51. The van der Waals surface area contributed by atoms with E-state index in [1.54, 1.807) is 0 Å². The second kappa shape index (κ2) is 8.59. The van der Waals surface area contributed by atoms with Gasteiger partial charge in [0.2, 0.25) is 0 Å². The highest BCUT2D eigenvalue weighted by Gasteiger charge is 2.42. The van der Waals surface area contributed by atoms with Crippen molar-refractivity contribution in [2.45, 2.75) is 31.9 Å². The van der Waals surface area contributed by atoms with Crippen LogP contribution in [0.25, 0.3) is 0 Å². The molecule has 148 valence electrons. The van der Waals surface area contributed by atoms with Gasteiger partial charge in [-0.05, 0) is 43.3 Å². The third kappa shape index (κ3) is 4.81. The maximum Gasteiger partial charge on any atom is 0.317 e. The maximum absolute atomic E-state index is 12.5. The van der Waals surface area contributed by atoms with E-state index in [-0.39, 0.29) is 12.1 Å². The summed E-state index contributed by atoms with van der Waals surface area (Å²) < 4.78 is 11.0. The summed E-state index contributed by atoms with van der Waals surface area (Å²) in [5, 5.41) is 3.03. The van der Waals surface area contributed by atoms with Crippen LogP contribution in [-0.4, -0.2) is 74.5 Å².